The quantitative estimate of drug-likeness (QED) is 0.707. The monoisotopic (exact) mass is 229 g/mol. The van der Waals surface area contributed by atoms with Crippen LogP contribution in [0.1, 0.15) is 18.5 Å². The van der Waals surface area contributed by atoms with Gasteiger partial charge in [-0.25, -0.2) is 9.97 Å². The lowest BCUT2D eigenvalue weighted by Gasteiger charge is -2.37. The van der Waals surface area contributed by atoms with E-state index in [2.05, 4.69) is 19.8 Å². The van der Waals surface area contributed by atoms with Gasteiger partial charge in [0.15, 0.2) is 5.69 Å². The van der Waals surface area contributed by atoms with Crippen molar-refractivity contribution in [2.24, 2.45) is 0 Å². The first-order valence-electron chi connectivity index (χ1n) is 6.08. The van der Waals surface area contributed by atoms with E-state index in [4.69, 9.17) is 5.26 Å². The van der Waals surface area contributed by atoms with Gasteiger partial charge in [-0.2, -0.15) is 5.26 Å². The summed E-state index contributed by atoms with van der Waals surface area (Å²) in [7, 11) is 0. The summed E-state index contributed by atoms with van der Waals surface area (Å²) in [6, 6.07) is 2.68. The molecule has 5 nitrogen and oxygen atoms in total. The Morgan fingerprint density at radius 2 is 2.18 bits per heavy atom. The number of rotatable bonds is 1. The van der Waals surface area contributed by atoms with Crippen LogP contribution in [0.4, 0.5) is 5.82 Å². The second kappa shape index (κ2) is 4.30. The predicted molar refractivity (Wildman–Crippen MR) is 63.6 cm³/mol. The van der Waals surface area contributed by atoms with Gasteiger partial charge < -0.3 is 4.90 Å². The van der Waals surface area contributed by atoms with E-state index >= 15 is 0 Å². The molecule has 0 saturated carbocycles. The van der Waals surface area contributed by atoms with E-state index in [9.17, 15) is 0 Å². The Morgan fingerprint density at radius 1 is 1.24 bits per heavy atom. The third-order valence-corrected chi connectivity index (χ3v) is 3.66. The average molecular weight is 229 g/mol. The van der Waals surface area contributed by atoms with E-state index in [-0.39, 0.29) is 0 Å². The van der Waals surface area contributed by atoms with Gasteiger partial charge in [-0.1, -0.05) is 0 Å². The molecule has 0 N–H and O–H groups in total. The second-order valence-corrected chi connectivity index (χ2v) is 4.65. The number of hydrogen-bond acceptors (Lipinski definition) is 5. The Morgan fingerprint density at radius 3 is 2.94 bits per heavy atom. The van der Waals surface area contributed by atoms with Crippen molar-refractivity contribution in [2.75, 3.05) is 31.1 Å². The first-order chi connectivity index (χ1) is 8.36. The molecule has 2 aliphatic rings. The van der Waals surface area contributed by atoms with Crippen molar-refractivity contribution in [2.45, 2.75) is 18.9 Å². The van der Waals surface area contributed by atoms with Crippen LogP contribution in [0.25, 0.3) is 0 Å². The molecule has 3 rings (SSSR count). The van der Waals surface area contributed by atoms with E-state index in [0.29, 0.717) is 11.7 Å². The Hall–Kier alpha value is -1.67. The van der Waals surface area contributed by atoms with Crippen LogP contribution in [0.15, 0.2) is 12.4 Å². The standard InChI is InChI=1S/C12H15N5/c13-6-10-7-15-12(8-14-10)17-5-4-16-3-1-2-11(16)9-17/h7-8,11H,1-5,9H2. The maximum atomic E-state index is 8.69. The summed E-state index contributed by atoms with van der Waals surface area (Å²) >= 11 is 0. The van der Waals surface area contributed by atoms with Crippen LogP contribution in [0.2, 0.25) is 0 Å². The molecule has 17 heavy (non-hydrogen) atoms. The van der Waals surface area contributed by atoms with Crippen molar-refractivity contribution >= 4 is 5.82 Å². The summed E-state index contributed by atoms with van der Waals surface area (Å²) in [5.41, 5.74) is 0.383. The fourth-order valence-electron chi connectivity index (χ4n) is 2.74. The second-order valence-electron chi connectivity index (χ2n) is 4.65. The SMILES string of the molecule is N#Cc1cnc(N2CCN3CCCC3C2)cn1. The molecule has 0 aromatic carbocycles. The van der Waals surface area contributed by atoms with Gasteiger partial charge in [-0.15, -0.1) is 0 Å². The number of piperazine rings is 1. The molecule has 1 atom stereocenters. The van der Waals surface area contributed by atoms with Gasteiger partial charge in [0.2, 0.25) is 0 Å². The lowest BCUT2D eigenvalue weighted by atomic mass is 10.1. The number of fused-ring (bicyclic) bond motifs is 1. The lowest BCUT2D eigenvalue weighted by molar-refractivity contribution is 0.230. The molecule has 0 amide bonds. The average Bonchev–Trinajstić information content (AvgIpc) is 2.86. The maximum absolute atomic E-state index is 8.69. The molecule has 5 heteroatoms. The largest absolute Gasteiger partial charge is 0.352 e. The van der Waals surface area contributed by atoms with Crippen molar-refractivity contribution in [1.29, 1.82) is 5.26 Å². The van der Waals surface area contributed by atoms with Crippen LogP contribution >= 0.6 is 0 Å². The normalized spacial score (nSPS) is 24.4. The Labute approximate surface area is 101 Å². The number of nitriles is 1. The minimum atomic E-state index is 0.383. The zero-order chi connectivity index (χ0) is 11.7. The maximum Gasteiger partial charge on any atom is 0.158 e. The highest BCUT2D eigenvalue weighted by molar-refractivity contribution is 5.38. The zero-order valence-electron chi connectivity index (χ0n) is 9.71. The molecule has 0 aliphatic carbocycles. The van der Waals surface area contributed by atoms with Crippen LogP contribution in [-0.2, 0) is 0 Å². The molecule has 1 aromatic heterocycles. The summed E-state index contributed by atoms with van der Waals surface area (Å²) in [6.07, 6.45) is 5.87. The Kier molecular flexibility index (Phi) is 2.65. The van der Waals surface area contributed by atoms with Gasteiger partial charge in [0.05, 0.1) is 12.4 Å². The highest BCUT2D eigenvalue weighted by Crippen LogP contribution is 2.23. The zero-order valence-corrected chi connectivity index (χ0v) is 9.71. The first kappa shape index (κ1) is 10.5. The molecule has 2 fully saturated rings. The van der Waals surface area contributed by atoms with Crippen LogP contribution in [0.5, 0.6) is 0 Å². The van der Waals surface area contributed by atoms with E-state index in [1.165, 1.54) is 19.4 Å². The molecule has 88 valence electrons. The summed E-state index contributed by atoms with van der Waals surface area (Å²) < 4.78 is 0. The van der Waals surface area contributed by atoms with Gasteiger partial charge in [0, 0.05) is 25.7 Å². The van der Waals surface area contributed by atoms with Crippen molar-refractivity contribution in [1.82, 2.24) is 14.9 Å². The number of hydrogen-bond donors (Lipinski definition) is 0. The van der Waals surface area contributed by atoms with Crippen LogP contribution in [0.3, 0.4) is 0 Å². The fraction of sp³-hybridized carbons (Fsp3) is 0.583. The van der Waals surface area contributed by atoms with E-state index in [1.54, 1.807) is 12.4 Å². The molecule has 2 aliphatic heterocycles. The smallest absolute Gasteiger partial charge is 0.158 e. The molecular formula is C12H15N5. The van der Waals surface area contributed by atoms with E-state index < -0.39 is 0 Å². The van der Waals surface area contributed by atoms with Crippen molar-refractivity contribution < 1.29 is 0 Å². The summed E-state index contributed by atoms with van der Waals surface area (Å²) in [5, 5.41) is 8.69. The van der Waals surface area contributed by atoms with Gasteiger partial charge >= 0.3 is 0 Å². The summed E-state index contributed by atoms with van der Waals surface area (Å²) in [4.78, 5) is 13.2. The molecular weight excluding hydrogens is 214 g/mol. The van der Waals surface area contributed by atoms with Crippen LogP contribution < -0.4 is 4.90 Å². The van der Waals surface area contributed by atoms with E-state index in [1.807, 2.05) is 6.07 Å². The van der Waals surface area contributed by atoms with E-state index in [0.717, 1.165) is 25.5 Å². The minimum Gasteiger partial charge on any atom is -0.352 e. The molecule has 0 radical (unpaired) electrons. The Bertz CT molecular complexity index is 435. The highest BCUT2D eigenvalue weighted by Gasteiger charge is 2.30. The predicted octanol–water partition coefficient (Wildman–Crippen LogP) is 0.633. The number of anilines is 1. The van der Waals surface area contributed by atoms with Gasteiger partial charge in [-0.05, 0) is 19.4 Å². The van der Waals surface area contributed by atoms with Crippen molar-refractivity contribution in [3.8, 4) is 6.07 Å². The van der Waals surface area contributed by atoms with Gasteiger partial charge in [0.1, 0.15) is 11.9 Å². The molecule has 1 unspecified atom stereocenters. The topological polar surface area (TPSA) is 56.1 Å². The molecule has 2 saturated heterocycles. The molecule has 0 bridgehead atoms. The summed E-state index contributed by atoms with van der Waals surface area (Å²) in [6.45, 7) is 4.42. The number of aromatic nitrogens is 2. The minimum absolute atomic E-state index is 0.383. The van der Waals surface area contributed by atoms with Gasteiger partial charge in [0.25, 0.3) is 0 Å². The number of nitrogens with zero attached hydrogens (tertiary/aromatic N) is 5. The van der Waals surface area contributed by atoms with Gasteiger partial charge in [-0.3, -0.25) is 4.90 Å². The fourth-order valence-corrected chi connectivity index (χ4v) is 2.74. The third kappa shape index (κ3) is 1.96. The third-order valence-electron chi connectivity index (χ3n) is 3.66. The van der Waals surface area contributed by atoms with Crippen molar-refractivity contribution in [3.05, 3.63) is 18.1 Å². The molecule has 1 aromatic rings. The first-order valence-corrected chi connectivity index (χ1v) is 6.08. The molecule has 0 spiro atoms. The Balaban J connectivity index is 1.74. The molecule has 3 heterocycles. The lowest BCUT2D eigenvalue weighted by Crippen LogP contribution is -2.50. The van der Waals surface area contributed by atoms with Crippen LogP contribution in [0, 0.1) is 11.3 Å². The van der Waals surface area contributed by atoms with Crippen LogP contribution in [-0.4, -0.2) is 47.1 Å². The highest BCUT2D eigenvalue weighted by atomic mass is 15.3. The summed E-state index contributed by atoms with van der Waals surface area (Å²) in [5.74, 6) is 0.899. The van der Waals surface area contributed by atoms with Crippen molar-refractivity contribution in [3.63, 3.8) is 0 Å².